The summed E-state index contributed by atoms with van der Waals surface area (Å²) in [7, 11) is 0. The summed E-state index contributed by atoms with van der Waals surface area (Å²) >= 11 is 0. The fourth-order valence-electron chi connectivity index (χ4n) is 4.14. The van der Waals surface area contributed by atoms with Gasteiger partial charge < -0.3 is 4.74 Å². The summed E-state index contributed by atoms with van der Waals surface area (Å²) in [5.74, 6) is 0.678. The highest BCUT2D eigenvalue weighted by Gasteiger charge is 2.16. The molecule has 1 nitrogen and oxygen atoms in total. The molecule has 4 aromatic rings. The maximum absolute atomic E-state index is 15.1. The number of benzene rings is 4. The van der Waals surface area contributed by atoms with Gasteiger partial charge in [-0.25, -0.2) is 13.2 Å². The molecule has 0 fully saturated rings. The van der Waals surface area contributed by atoms with E-state index in [9.17, 15) is 17.6 Å². The molecule has 0 atom stereocenters. The predicted octanol–water partition coefficient (Wildman–Crippen LogP) is 8.55. The summed E-state index contributed by atoms with van der Waals surface area (Å²) in [4.78, 5) is 0. The summed E-state index contributed by atoms with van der Waals surface area (Å²) in [6, 6.07) is 18.9. The average Bonchev–Trinajstić information content (AvgIpc) is 2.90. The lowest BCUT2D eigenvalue weighted by Crippen LogP contribution is -2.06. The van der Waals surface area contributed by atoms with E-state index in [0.29, 0.717) is 5.39 Å². The van der Waals surface area contributed by atoms with E-state index in [1.54, 1.807) is 12.1 Å². The van der Waals surface area contributed by atoms with Crippen LogP contribution in [0.5, 0.6) is 5.75 Å². The molecule has 4 aromatic carbocycles. The first-order valence-electron chi connectivity index (χ1n) is 12.2. The molecular weight excluding hydrogens is 495 g/mol. The van der Waals surface area contributed by atoms with E-state index in [0.717, 1.165) is 48.8 Å². The first-order chi connectivity index (χ1) is 18.3. The molecule has 0 saturated heterocycles. The van der Waals surface area contributed by atoms with Gasteiger partial charge in [-0.3, -0.25) is 0 Å². The smallest absolute Gasteiger partial charge is 0.387 e. The van der Waals surface area contributed by atoms with Gasteiger partial charge in [0.2, 0.25) is 0 Å². The van der Waals surface area contributed by atoms with Crippen LogP contribution in [0.25, 0.3) is 10.8 Å². The Morgan fingerprint density at radius 1 is 0.763 bits per heavy atom. The highest BCUT2D eigenvalue weighted by molar-refractivity contribution is 5.85. The molecule has 0 radical (unpaired) electrons. The Balaban J connectivity index is 1.46. The van der Waals surface area contributed by atoms with Crippen LogP contribution in [0.1, 0.15) is 41.2 Å². The van der Waals surface area contributed by atoms with Crippen molar-refractivity contribution in [1.82, 2.24) is 0 Å². The first kappa shape index (κ1) is 26.9. The van der Waals surface area contributed by atoms with Crippen LogP contribution in [0.3, 0.4) is 0 Å². The van der Waals surface area contributed by atoms with Crippen molar-refractivity contribution >= 4 is 10.8 Å². The van der Waals surface area contributed by atoms with Crippen molar-refractivity contribution in [2.45, 2.75) is 39.2 Å². The molecule has 0 bridgehead atoms. The standard InChI is InChI=1S/C32H25F5O/c1-2-3-4-5-21-6-8-22(9-7-21)10-11-23-13-17-27-26(18-23)16-15-25(30(27)35)14-12-24-19-28(33)31(29(34)20-24)38-32(36)37/h2-3,6-9,13,15-20,32H,4-5,10-11H2,1H3/b3-2+. The zero-order valence-electron chi connectivity index (χ0n) is 20.7. The van der Waals surface area contributed by atoms with E-state index in [-0.39, 0.29) is 11.1 Å². The van der Waals surface area contributed by atoms with Crippen molar-refractivity contribution < 1.29 is 26.7 Å². The average molecular weight is 521 g/mol. The number of halogens is 5. The zero-order chi connectivity index (χ0) is 27.1. The van der Waals surface area contributed by atoms with Crippen molar-refractivity contribution in [2.75, 3.05) is 0 Å². The maximum Gasteiger partial charge on any atom is 0.387 e. The van der Waals surface area contributed by atoms with Crippen molar-refractivity contribution in [3.05, 3.63) is 124 Å². The van der Waals surface area contributed by atoms with E-state index in [4.69, 9.17) is 0 Å². The predicted molar refractivity (Wildman–Crippen MR) is 140 cm³/mol. The van der Waals surface area contributed by atoms with E-state index in [1.807, 2.05) is 19.1 Å². The first-order valence-corrected chi connectivity index (χ1v) is 12.2. The largest absolute Gasteiger partial charge is 0.429 e. The third-order valence-electron chi connectivity index (χ3n) is 6.13. The second-order valence-corrected chi connectivity index (χ2v) is 8.80. The Hall–Kier alpha value is -4.11. The number of ether oxygens (including phenoxy) is 1. The summed E-state index contributed by atoms with van der Waals surface area (Å²) < 4.78 is 71.4. The lowest BCUT2D eigenvalue weighted by Gasteiger charge is -2.07. The fourth-order valence-corrected chi connectivity index (χ4v) is 4.14. The van der Waals surface area contributed by atoms with Crippen LogP contribution in [-0.4, -0.2) is 6.61 Å². The van der Waals surface area contributed by atoms with Crippen molar-refractivity contribution in [3.8, 4) is 17.6 Å². The molecule has 194 valence electrons. The third kappa shape index (κ3) is 6.80. The summed E-state index contributed by atoms with van der Waals surface area (Å²) in [5.41, 5.74) is 3.53. The molecule has 0 N–H and O–H groups in total. The Labute approximate surface area is 218 Å². The summed E-state index contributed by atoms with van der Waals surface area (Å²) in [6.45, 7) is -1.35. The second-order valence-electron chi connectivity index (χ2n) is 8.80. The van der Waals surface area contributed by atoms with Crippen LogP contribution in [0.4, 0.5) is 22.0 Å². The number of alkyl halides is 2. The SMILES string of the molecule is C/C=C/CCc1ccc(CCc2ccc3c(F)c(C#Cc4cc(F)c(OC(F)F)c(F)c4)ccc3c2)cc1. The van der Waals surface area contributed by atoms with Gasteiger partial charge >= 0.3 is 6.61 Å². The molecule has 0 heterocycles. The van der Waals surface area contributed by atoms with Crippen LogP contribution < -0.4 is 4.74 Å². The van der Waals surface area contributed by atoms with Crippen LogP contribution in [0.15, 0.2) is 78.9 Å². The van der Waals surface area contributed by atoms with E-state index in [2.05, 4.69) is 53.0 Å². The number of hydrogen-bond donors (Lipinski definition) is 0. The van der Waals surface area contributed by atoms with Gasteiger partial charge in [0.15, 0.2) is 17.4 Å². The number of allylic oxidation sites excluding steroid dienone is 2. The lowest BCUT2D eigenvalue weighted by atomic mass is 9.98. The normalized spacial score (nSPS) is 11.2. The zero-order valence-corrected chi connectivity index (χ0v) is 20.7. The molecule has 38 heavy (non-hydrogen) atoms. The lowest BCUT2D eigenvalue weighted by molar-refractivity contribution is -0.0546. The molecule has 0 amide bonds. The van der Waals surface area contributed by atoms with Gasteiger partial charge in [0, 0.05) is 10.9 Å². The van der Waals surface area contributed by atoms with E-state index >= 15 is 4.39 Å². The van der Waals surface area contributed by atoms with Crippen LogP contribution in [0, 0.1) is 29.3 Å². The molecule has 0 aliphatic rings. The molecular formula is C32H25F5O. The quantitative estimate of drug-likeness (QED) is 0.129. The Morgan fingerprint density at radius 3 is 2.05 bits per heavy atom. The molecule has 0 aliphatic heterocycles. The number of aryl methyl sites for hydroxylation is 3. The Bertz CT molecular complexity index is 1490. The van der Waals surface area contributed by atoms with Gasteiger partial charge in [0.25, 0.3) is 0 Å². The molecule has 6 heteroatoms. The molecule has 0 aliphatic carbocycles. The van der Waals surface area contributed by atoms with Gasteiger partial charge in [0.1, 0.15) is 5.82 Å². The minimum atomic E-state index is -3.37. The maximum atomic E-state index is 15.1. The van der Waals surface area contributed by atoms with Crippen molar-refractivity contribution in [2.24, 2.45) is 0 Å². The van der Waals surface area contributed by atoms with Gasteiger partial charge in [0.05, 0.1) is 5.56 Å². The number of fused-ring (bicyclic) bond motifs is 1. The molecule has 0 saturated carbocycles. The topological polar surface area (TPSA) is 9.23 Å². The highest BCUT2D eigenvalue weighted by Crippen LogP contribution is 2.26. The molecule has 4 rings (SSSR count). The second kappa shape index (κ2) is 12.4. The van der Waals surface area contributed by atoms with Gasteiger partial charge in [-0.1, -0.05) is 72.5 Å². The van der Waals surface area contributed by atoms with Crippen LogP contribution in [0.2, 0.25) is 0 Å². The van der Waals surface area contributed by atoms with Crippen molar-refractivity contribution in [1.29, 1.82) is 0 Å². The third-order valence-corrected chi connectivity index (χ3v) is 6.13. The fraction of sp³-hybridized carbons (Fsp3) is 0.188. The number of hydrogen-bond acceptors (Lipinski definition) is 1. The summed E-state index contributed by atoms with van der Waals surface area (Å²) in [6.07, 6.45) is 7.92. The monoisotopic (exact) mass is 520 g/mol. The van der Waals surface area contributed by atoms with Crippen LogP contribution >= 0.6 is 0 Å². The summed E-state index contributed by atoms with van der Waals surface area (Å²) in [5, 5.41) is 1.10. The number of rotatable bonds is 8. The molecule has 0 unspecified atom stereocenters. The highest BCUT2D eigenvalue weighted by atomic mass is 19.3. The van der Waals surface area contributed by atoms with Crippen molar-refractivity contribution in [3.63, 3.8) is 0 Å². The van der Waals surface area contributed by atoms with Crippen LogP contribution in [-0.2, 0) is 19.3 Å². The van der Waals surface area contributed by atoms with Gasteiger partial charge in [-0.2, -0.15) is 8.78 Å². The van der Waals surface area contributed by atoms with E-state index in [1.165, 1.54) is 17.2 Å². The van der Waals surface area contributed by atoms with Gasteiger partial charge in [-0.15, -0.1) is 0 Å². The Morgan fingerprint density at radius 2 is 1.39 bits per heavy atom. The van der Waals surface area contributed by atoms with E-state index < -0.39 is 29.8 Å². The van der Waals surface area contributed by atoms with Gasteiger partial charge in [-0.05, 0) is 72.9 Å². The minimum absolute atomic E-state index is 0.0495. The Kier molecular flexibility index (Phi) is 8.81. The molecule has 0 aromatic heterocycles. The molecule has 0 spiro atoms. The minimum Gasteiger partial charge on any atom is -0.429 e.